The monoisotopic (exact) mass is 251 g/mol. The quantitative estimate of drug-likeness (QED) is 0.811. The Kier molecular flexibility index (Phi) is 6.14. The van der Waals surface area contributed by atoms with Gasteiger partial charge in [-0.25, -0.2) is 0 Å². The lowest BCUT2D eigenvalue weighted by atomic mass is 9.78. The Hall–Kier alpha value is -1.08. The van der Waals surface area contributed by atoms with E-state index in [4.69, 9.17) is 11.0 Å². The molecule has 0 aliphatic heterocycles. The van der Waals surface area contributed by atoms with Crippen molar-refractivity contribution in [2.24, 2.45) is 17.6 Å². The molecular weight excluding hydrogens is 226 g/mol. The number of carbonyl (C=O) groups is 1. The lowest BCUT2D eigenvalue weighted by molar-refractivity contribution is -0.140. The van der Waals surface area contributed by atoms with Gasteiger partial charge in [0.2, 0.25) is 5.91 Å². The Bertz CT molecular complexity index is 309. The van der Waals surface area contributed by atoms with Crippen LogP contribution in [0.15, 0.2) is 0 Å². The third-order valence-electron chi connectivity index (χ3n) is 3.90. The molecule has 4 heteroatoms. The summed E-state index contributed by atoms with van der Waals surface area (Å²) in [5.74, 6) is 0.606. The lowest BCUT2D eigenvalue weighted by Crippen LogP contribution is -2.45. The molecule has 1 fully saturated rings. The average Bonchev–Trinajstić information content (AvgIpc) is 2.38. The summed E-state index contributed by atoms with van der Waals surface area (Å²) in [6.07, 6.45) is 4.74. The Morgan fingerprint density at radius 1 is 1.44 bits per heavy atom. The molecule has 0 saturated heterocycles. The SMILES string of the molecule is CC(C)N(CCC#N)C(=O)C1CCCCC1CN. The molecule has 2 unspecified atom stereocenters. The predicted octanol–water partition coefficient (Wildman–Crippen LogP) is 1.90. The second kappa shape index (κ2) is 7.38. The normalized spacial score (nSPS) is 23.7. The van der Waals surface area contributed by atoms with E-state index < -0.39 is 0 Å². The van der Waals surface area contributed by atoms with Crippen molar-refractivity contribution in [2.45, 2.75) is 52.0 Å². The summed E-state index contributed by atoms with van der Waals surface area (Å²) in [4.78, 5) is 14.4. The molecule has 1 rings (SSSR count). The van der Waals surface area contributed by atoms with E-state index >= 15 is 0 Å². The summed E-state index contributed by atoms with van der Waals surface area (Å²) < 4.78 is 0. The topological polar surface area (TPSA) is 70.1 Å². The van der Waals surface area contributed by atoms with E-state index in [0.717, 1.165) is 19.3 Å². The van der Waals surface area contributed by atoms with Crippen LogP contribution in [0.25, 0.3) is 0 Å². The van der Waals surface area contributed by atoms with Gasteiger partial charge < -0.3 is 10.6 Å². The van der Waals surface area contributed by atoms with Gasteiger partial charge in [-0.2, -0.15) is 5.26 Å². The molecule has 0 aromatic heterocycles. The largest absolute Gasteiger partial charge is 0.339 e. The maximum Gasteiger partial charge on any atom is 0.226 e. The summed E-state index contributed by atoms with van der Waals surface area (Å²) in [5.41, 5.74) is 5.78. The van der Waals surface area contributed by atoms with Gasteiger partial charge in [-0.05, 0) is 39.2 Å². The van der Waals surface area contributed by atoms with Crippen LogP contribution in [-0.4, -0.2) is 29.9 Å². The number of hydrogen-bond acceptors (Lipinski definition) is 3. The molecule has 0 heterocycles. The highest BCUT2D eigenvalue weighted by atomic mass is 16.2. The smallest absolute Gasteiger partial charge is 0.226 e. The fourth-order valence-electron chi connectivity index (χ4n) is 2.82. The summed E-state index contributed by atoms with van der Waals surface area (Å²) in [5, 5.41) is 8.68. The standard InChI is InChI=1S/C14H25N3O/c1-11(2)17(9-5-8-15)14(18)13-7-4-3-6-12(13)10-16/h11-13H,3-7,9-10,16H2,1-2H3. The first kappa shape index (κ1) is 15.0. The highest BCUT2D eigenvalue weighted by molar-refractivity contribution is 5.79. The number of hydrogen-bond donors (Lipinski definition) is 1. The van der Waals surface area contributed by atoms with Gasteiger partial charge in [0.25, 0.3) is 0 Å². The van der Waals surface area contributed by atoms with Gasteiger partial charge in [0.05, 0.1) is 12.5 Å². The minimum atomic E-state index is 0.0739. The zero-order valence-electron chi connectivity index (χ0n) is 11.6. The first-order valence-corrected chi connectivity index (χ1v) is 6.99. The first-order valence-electron chi connectivity index (χ1n) is 6.99. The van der Waals surface area contributed by atoms with Crippen LogP contribution in [0.2, 0.25) is 0 Å². The van der Waals surface area contributed by atoms with Gasteiger partial charge in [-0.15, -0.1) is 0 Å². The van der Waals surface area contributed by atoms with E-state index in [1.54, 1.807) is 0 Å². The fourth-order valence-corrected chi connectivity index (χ4v) is 2.82. The number of carbonyl (C=O) groups excluding carboxylic acids is 1. The van der Waals surface area contributed by atoms with Crippen molar-refractivity contribution in [1.29, 1.82) is 5.26 Å². The molecule has 1 aliphatic rings. The van der Waals surface area contributed by atoms with Crippen LogP contribution >= 0.6 is 0 Å². The number of amides is 1. The van der Waals surface area contributed by atoms with E-state index in [2.05, 4.69) is 6.07 Å². The zero-order chi connectivity index (χ0) is 13.5. The minimum Gasteiger partial charge on any atom is -0.339 e. The van der Waals surface area contributed by atoms with Crippen LogP contribution in [0.3, 0.4) is 0 Å². The van der Waals surface area contributed by atoms with Crippen LogP contribution in [0.4, 0.5) is 0 Å². The molecule has 0 aromatic rings. The van der Waals surface area contributed by atoms with Crippen molar-refractivity contribution in [2.75, 3.05) is 13.1 Å². The molecular formula is C14H25N3O. The zero-order valence-corrected chi connectivity index (χ0v) is 11.6. The molecule has 4 nitrogen and oxygen atoms in total. The maximum absolute atomic E-state index is 12.6. The minimum absolute atomic E-state index is 0.0739. The number of nitrogens with zero attached hydrogens (tertiary/aromatic N) is 2. The average molecular weight is 251 g/mol. The van der Waals surface area contributed by atoms with Crippen LogP contribution in [0.1, 0.15) is 46.0 Å². The molecule has 1 aliphatic carbocycles. The molecule has 2 N–H and O–H groups in total. The van der Waals surface area contributed by atoms with Gasteiger partial charge in [0.15, 0.2) is 0 Å². The molecule has 0 aromatic carbocycles. The van der Waals surface area contributed by atoms with Crippen molar-refractivity contribution < 1.29 is 4.79 Å². The Labute approximate surface area is 110 Å². The third kappa shape index (κ3) is 3.71. The molecule has 18 heavy (non-hydrogen) atoms. The number of rotatable bonds is 5. The van der Waals surface area contributed by atoms with E-state index in [9.17, 15) is 4.79 Å². The third-order valence-corrected chi connectivity index (χ3v) is 3.90. The van der Waals surface area contributed by atoms with Gasteiger partial charge in [0.1, 0.15) is 0 Å². The van der Waals surface area contributed by atoms with Crippen molar-refractivity contribution >= 4 is 5.91 Å². The van der Waals surface area contributed by atoms with E-state index in [1.807, 2.05) is 18.7 Å². The van der Waals surface area contributed by atoms with E-state index in [-0.39, 0.29) is 17.9 Å². The summed E-state index contributed by atoms with van der Waals surface area (Å²) >= 11 is 0. The van der Waals surface area contributed by atoms with Gasteiger partial charge >= 0.3 is 0 Å². The maximum atomic E-state index is 12.6. The highest BCUT2D eigenvalue weighted by Crippen LogP contribution is 2.31. The van der Waals surface area contributed by atoms with Crippen molar-refractivity contribution in [3.8, 4) is 6.07 Å². The second-order valence-electron chi connectivity index (χ2n) is 5.42. The molecule has 1 amide bonds. The number of nitriles is 1. The Morgan fingerprint density at radius 2 is 2.11 bits per heavy atom. The molecule has 2 atom stereocenters. The summed E-state index contributed by atoms with van der Waals surface area (Å²) in [6, 6.07) is 2.28. The highest BCUT2D eigenvalue weighted by Gasteiger charge is 2.33. The molecule has 0 radical (unpaired) electrons. The van der Waals surface area contributed by atoms with E-state index in [0.29, 0.717) is 25.4 Å². The first-order chi connectivity index (χ1) is 8.61. The van der Waals surface area contributed by atoms with Gasteiger partial charge in [-0.3, -0.25) is 4.79 Å². The molecule has 102 valence electrons. The summed E-state index contributed by atoms with van der Waals surface area (Å²) in [6.45, 7) is 5.16. The van der Waals surface area contributed by atoms with Crippen LogP contribution in [-0.2, 0) is 4.79 Å². The van der Waals surface area contributed by atoms with Crippen molar-refractivity contribution in [3.63, 3.8) is 0 Å². The molecule has 0 spiro atoms. The molecule has 0 bridgehead atoms. The summed E-state index contributed by atoms with van der Waals surface area (Å²) in [7, 11) is 0. The molecule has 1 saturated carbocycles. The number of nitrogens with two attached hydrogens (primary N) is 1. The predicted molar refractivity (Wildman–Crippen MR) is 71.6 cm³/mol. The van der Waals surface area contributed by atoms with Crippen LogP contribution < -0.4 is 5.73 Å². The van der Waals surface area contributed by atoms with Crippen LogP contribution in [0, 0.1) is 23.2 Å². The van der Waals surface area contributed by atoms with Gasteiger partial charge in [0, 0.05) is 18.5 Å². The van der Waals surface area contributed by atoms with Crippen LogP contribution in [0.5, 0.6) is 0 Å². The van der Waals surface area contributed by atoms with Crippen molar-refractivity contribution in [1.82, 2.24) is 4.90 Å². The Morgan fingerprint density at radius 3 is 2.67 bits per heavy atom. The second-order valence-corrected chi connectivity index (χ2v) is 5.42. The van der Waals surface area contributed by atoms with E-state index in [1.165, 1.54) is 6.42 Å². The van der Waals surface area contributed by atoms with Crippen molar-refractivity contribution in [3.05, 3.63) is 0 Å². The van der Waals surface area contributed by atoms with Gasteiger partial charge in [-0.1, -0.05) is 12.8 Å². The Balaban J connectivity index is 2.71. The lowest BCUT2D eigenvalue weighted by Gasteiger charge is -2.35. The fraction of sp³-hybridized carbons (Fsp3) is 0.857.